The van der Waals surface area contributed by atoms with Crippen molar-refractivity contribution in [1.82, 2.24) is 5.32 Å². The summed E-state index contributed by atoms with van der Waals surface area (Å²) in [4.78, 5) is 0. The largest absolute Gasteiger partial charge is 0.490 e. The number of aliphatic hydroxyl groups excluding tert-OH is 1. The molecule has 0 bridgehead atoms. The maximum atomic E-state index is 9.51. The molecule has 0 spiro atoms. The lowest BCUT2D eigenvalue weighted by atomic mass is 10.2. The smallest absolute Gasteiger partial charge is 0.124 e. The molecule has 0 heterocycles. The van der Waals surface area contributed by atoms with Crippen LogP contribution in [-0.2, 0) is 11.3 Å². The molecule has 0 saturated heterocycles. The van der Waals surface area contributed by atoms with Crippen LogP contribution in [0, 0.1) is 0 Å². The number of hydrogen-bond donors (Lipinski definition) is 2. The minimum Gasteiger partial charge on any atom is -0.490 e. The van der Waals surface area contributed by atoms with Gasteiger partial charge in [0.1, 0.15) is 18.5 Å². The summed E-state index contributed by atoms with van der Waals surface area (Å²) in [6.45, 7) is 1.22. The van der Waals surface area contributed by atoms with Crippen LogP contribution in [0.1, 0.15) is 5.56 Å². The molecule has 0 fully saturated rings. The molecule has 17 heavy (non-hydrogen) atoms. The van der Waals surface area contributed by atoms with E-state index in [1.165, 1.54) is 0 Å². The van der Waals surface area contributed by atoms with Crippen molar-refractivity contribution in [2.45, 2.75) is 12.6 Å². The van der Waals surface area contributed by atoms with Gasteiger partial charge >= 0.3 is 0 Å². The number of rotatable bonds is 7. The molecular weight excluding hydrogens is 286 g/mol. The molecule has 4 nitrogen and oxygen atoms in total. The van der Waals surface area contributed by atoms with Gasteiger partial charge in [-0.15, -0.1) is 0 Å². The maximum Gasteiger partial charge on any atom is 0.124 e. The normalized spacial score (nSPS) is 12.5. The van der Waals surface area contributed by atoms with Gasteiger partial charge in [-0.25, -0.2) is 0 Å². The molecule has 1 rings (SSSR count). The Bertz CT molecular complexity index is 347. The molecule has 1 aromatic rings. The molecule has 0 aliphatic rings. The lowest BCUT2D eigenvalue weighted by Crippen LogP contribution is -2.23. The first-order chi connectivity index (χ1) is 8.17. The van der Waals surface area contributed by atoms with Gasteiger partial charge in [0.2, 0.25) is 0 Å². The second-order valence-corrected chi connectivity index (χ2v) is 4.62. The summed E-state index contributed by atoms with van der Waals surface area (Å²) in [6, 6.07) is 5.79. The van der Waals surface area contributed by atoms with Crippen molar-refractivity contribution in [1.29, 1.82) is 0 Å². The van der Waals surface area contributed by atoms with Crippen LogP contribution in [0.15, 0.2) is 22.7 Å². The Balaban J connectivity index is 2.62. The average Bonchev–Trinajstić information content (AvgIpc) is 2.29. The molecule has 0 aliphatic carbocycles. The van der Waals surface area contributed by atoms with Crippen molar-refractivity contribution in [3.05, 3.63) is 28.2 Å². The van der Waals surface area contributed by atoms with E-state index in [0.717, 1.165) is 22.3 Å². The van der Waals surface area contributed by atoms with Crippen molar-refractivity contribution < 1.29 is 14.6 Å². The first-order valence-electron chi connectivity index (χ1n) is 5.40. The second-order valence-electron chi connectivity index (χ2n) is 3.70. The summed E-state index contributed by atoms with van der Waals surface area (Å²) < 4.78 is 11.4. The number of halogens is 1. The van der Waals surface area contributed by atoms with Crippen LogP contribution in [0.25, 0.3) is 0 Å². The Kier molecular flexibility index (Phi) is 6.50. The van der Waals surface area contributed by atoms with Crippen molar-refractivity contribution in [2.24, 2.45) is 0 Å². The van der Waals surface area contributed by atoms with E-state index in [1.807, 2.05) is 25.2 Å². The van der Waals surface area contributed by atoms with Crippen LogP contribution in [0.2, 0.25) is 0 Å². The third-order valence-electron chi connectivity index (χ3n) is 2.18. The van der Waals surface area contributed by atoms with Crippen LogP contribution in [0.4, 0.5) is 0 Å². The van der Waals surface area contributed by atoms with E-state index in [9.17, 15) is 5.11 Å². The zero-order valence-electron chi connectivity index (χ0n) is 10.1. The molecule has 0 aromatic heterocycles. The summed E-state index contributed by atoms with van der Waals surface area (Å²) in [7, 11) is 3.43. The number of ether oxygens (including phenoxy) is 2. The highest BCUT2D eigenvalue weighted by atomic mass is 79.9. The van der Waals surface area contributed by atoms with Gasteiger partial charge in [0, 0.05) is 23.7 Å². The SMILES string of the molecule is CNCc1cc(Br)ccc1OCC(O)COC. The third kappa shape index (κ3) is 5.04. The van der Waals surface area contributed by atoms with Crippen molar-refractivity contribution in [2.75, 3.05) is 27.4 Å². The van der Waals surface area contributed by atoms with E-state index < -0.39 is 6.10 Å². The topological polar surface area (TPSA) is 50.7 Å². The predicted octanol–water partition coefficient (Wildman–Crippen LogP) is 1.55. The fourth-order valence-electron chi connectivity index (χ4n) is 1.44. The van der Waals surface area contributed by atoms with E-state index in [2.05, 4.69) is 21.2 Å². The number of methoxy groups -OCH3 is 1. The molecule has 1 atom stereocenters. The van der Waals surface area contributed by atoms with E-state index in [-0.39, 0.29) is 13.2 Å². The van der Waals surface area contributed by atoms with Gasteiger partial charge in [-0.2, -0.15) is 0 Å². The van der Waals surface area contributed by atoms with Crippen LogP contribution >= 0.6 is 15.9 Å². The van der Waals surface area contributed by atoms with Crippen molar-refractivity contribution in [3.63, 3.8) is 0 Å². The van der Waals surface area contributed by atoms with Crippen LogP contribution < -0.4 is 10.1 Å². The second kappa shape index (κ2) is 7.66. The Morgan fingerprint density at radius 2 is 2.18 bits per heavy atom. The summed E-state index contributed by atoms with van der Waals surface area (Å²) >= 11 is 3.42. The van der Waals surface area contributed by atoms with Gasteiger partial charge in [0.05, 0.1) is 6.61 Å². The quantitative estimate of drug-likeness (QED) is 0.802. The van der Waals surface area contributed by atoms with Crippen molar-refractivity contribution >= 4 is 15.9 Å². The molecular formula is C12H18BrNO3. The van der Waals surface area contributed by atoms with Gasteiger partial charge in [-0.05, 0) is 25.2 Å². The fraction of sp³-hybridized carbons (Fsp3) is 0.500. The first kappa shape index (κ1) is 14.4. The highest BCUT2D eigenvalue weighted by molar-refractivity contribution is 9.10. The van der Waals surface area contributed by atoms with E-state index in [4.69, 9.17) is 9.47 Å². The molecule has 0 saturated carbocycles. The number of hydrogen-bond acceptors (Lipinski definition) is 4. The molecule has 0 amide bonds. The molecule has 0 radical (unpaired) electrons. The Morgan fingerprint density at radius 3 is 2.82 bits per heavy atom. The summed E-state index contributed by atoms with van der Waals surface area (Å²) in [5.41, 5.74) is 1.05. The lowest BCUT2D eigenvalue weighted by molar-refractivity contribution is 0.0323. The van der Waals surface area contributed by atoms with Gasteiger partial charge in [-0.3, -0.25) is 0 Å². The molecule has 2 N–H and O–H groups in total. The fourth-order valence-corrected chi connectivity index (χ4v) is 1.85. The molecule has 1 unspecified atom stereocenters. The molecule has 1 aromatic carbocycles. The zero-order valence-corrected chi connectivity index (χ0v) is 11.7. The third-order valence-corrected chi connectivity index (χ3v) is 2.67. The van der Waals surface area contributed by atoms with E-state index >= 15 is 0 Å². The van der Waals surface area contributed by atoms with Gasteiger partial charge in [0.25, 0.3) is 0 Å². The minimum absolute atomic E-state index is 0.228. The summed E-state index contributed by atoms with van der Waals surface area (Å²) in [5, 5.41) is 12.6. The number of benzene rings is 1. The average molecular weight is 304 g/mol. The lowest BCUT2D eigenvalue weighted by Gasteiger charge is -2.14. The molecule has 5 heteroatoms. The van der Waals surface area contributed by atoms with Crippen LogP contribution in [0.3, 0.4) is 0 Å². The Morgan fingerprint density at radius 1 is 1.41 bits per heavy atom. The number of nitrogens with one attached hydrogen (secondary N) is 1. The Labute approximate surface area is 110 Å². The van der Waals surface area contributed by atoms with Crippen LogP contribution in [-0.4, -0.2) is 38.6 Å². The highest BCUT2D eigenvalue weighted by Gasteiger charge is 2.08. The highest BCUT2D eigenvalue weighted by Crippen LogP contribution is 2.23. The maximum absolute atomic E-state index is 9.51. The minimum atomic E-state index is -0.605. The van der Waals surface area contributed by atoms with E-state index in [0.29, 0.717) is 0 Å². The first-order valence-corrected chi connectivity index (χ1v) is 6.19. The monoisotopic (exact) mass is 303 g/mol. The predicted molar refractivity (Wildman–Crippen MR) is 70.3 cm³/mol. The standard InChI is InChI=1S/C12H18BrNO3/c1-14-6-9-5-10(13)3-4-12(9)17-8-11(15)7-16-2/h3-5,11,14-15H,6-8H2,1-2H3. The molecule has 96 valence electrons. The van der Waals surface area contributed by atoms with Crippen LogP contribution in [0.5, 0.6) is 5.75 Å². The van der Waals surface area contributed by atoms with Crippen molar-refractivity contribution in [3.8, 4) is 5.75 Å². The van der Waals surface area contributed by atoms with Gasteiger partial charge in [-0.1, -0.05) is 15.9 Å². The van der Waals surface area contributed by atoms with E-state index in [1.54, 1.807) is 7.11 Å². The Hall–Kier alpha value is -0.620. The zero-order chi connectivity index (χ0) is 12.7. The van der Waals surface area contributed by atoms with Gasteiger partial charge in [0.15, 0.2) is 0 Å². The summed E-state index contributed by atoms with van der Waals surface area (Å²) in [6.07, 6.45) is -0.605. The summed E-state index contributed by atoms with van der Waals surface area (Å²) in [5.74, 6) is 0.776. The van der Waals surface area contributed by atoms with Gasteiger partial charge < -0.3 is 19.9 Å². The number of aliphatic hydroxyl groups is 1. The molecule has 0 aliphatic heterocycles.